The average molecular weight is 350 g/mol. The predicted molar refractivity (Wildman–Crippen MR) is 87.3 cm³/mol. The largest absolute Gasteiger partial charge is 0.325 e. The van der Waals surface area contributed by atoms with Crippen molar-refractivity contribution in [2.45, 2.75) is 24.6 Å². The number of rotatable bonds is 5. The Bertz CT molecular complexity index is 630. The van der Waals surface area contributed by atoms with Gasteiger partial charge in [0.05, 0.1) is 4.83 Å². The molecule has 21 heavy (non-hydrogen) atoms. The lowest BCUT2D eigenvalue weighted by atomic mass is 10.1. The fourth-order valence-corrected chi connectivity index (χ4v) is 2.57. The third-order valence-electron chi connectivity index (χ3n) is 3.30. The van der Waals surface area contributed by atoms with Crippen molar-refractivity contribution in [3.63, 3.8) is 0 Å². The molecule has 0 aromatic heterocycles. The van der Waals surface area contributed by atoms with E-state index in [0.717, 1.165) is 17.7 Å². The fraction of sp³-hybridized carbons (Fsp3) is 0.235. The molecule has 0 saturated carbocycles. The topological polar surface area (TPSA) is 29.1 Å². The molecule has 4 heteroatoms. The normalized spacial score (nSPS) is 12.0. The number of hydrogen-bond acceptors (Lipinski definition) is 1. The van der Waals surface area contributed by atoms with Crippen LogP contribution in [0.4, 0.5) is 10.1 Å². The number of nitrogens with one attached hydrogen (secondary N) is 1. The maximum absolute atomic E-state index is 13.6. The van der Waals surface area contributed by atoms with Gasteiger partial charge in [0, 0.05) is 5.69 Å². The SMILES string of the molecule is CCc1ccccc1NC(=O)C(Br)Cc1ccccc1F. The first-order valence-corrected chi connectivity index (χ1v) is 7.79. The summed E-state index contributed by atoms with van der Waals surface area (Å²) in [4.78, 5) is 11.7. The zero-order valence-electron chi connectivity index (χ0n) is 11.8. The summed E-state index contributed by atoms with van der Waals surface area (Å²) in [6.45, 7) is 2.04. The van der Waals surface area contributed by atoms with Crippen molar-refractivity contribution < 1.29 is 9.18 Å². The Hall–Kier alpha value is -1.68. The third kappa shape index (κ3) is 4.14. The molecule has 0 heterocycles. The van der Waals surface area contributed by atoms with Crippen LogP contribution in [0.5, 0.6) is 0 Å². The van der Waals surface area contributed by atoms with Crippen LogP contribution in [0.25, 0.3) is 0 Å². The van der Waals surface area contributed by atoms with Crippen LogP contribution >= 0.6 is 15.9 Å². The monoisotopic (exact) mass is 349 g/mol. The second-order valence-electron chi connectivity index (χ2n) is 4.76. The Balaban J connectivity index is 2.05. The molecule has 1 unspecified atom stereocenters. The molecule has 2 aromatic rings. The number of aryl methyl sites for hydroxylation is 1. The van der Waals surface area contributed by atoms with Crippen molar-refractivity contribution >= 4 is 27.5 Å². The summed E-state index contributed by atoms with van der Waals surface area (Å²) in [5.41, 5.74) is 2.41. The lowest BCUT2D eigenvalue weighted by Crippen LogP contribution is -2.25. The zero-order valence-corrected chi connectivity index (χ0v) is 13.4. The molecule has 2 nitrogen and oxygen atoms in total. The standard InChI is InChI=1S/C17H17BrFNO/c1-2-12-7-4-6-10-16(12)20-17(21)14(18)11-13-8-3-5-9-15(13)19/h3-10,14H,2,11H2,1H3,(H,20,21). The van der Waals surface area contributed by atoms with E-state index in [2.05, 4.69) is 21.2 Å². The number of amides is 1. The van der Waals surface area contributed by atoms with Crippen molar-refractivity contribution in [2.75, 3.05) is 5.32 Å². The Morgan fingerprint density at radius 3 is 2.43 bits per heavy atom. The van der Waals surface area contributed by atoms with Crippen LogP contribution in [0.3, 0.4) is 0 Å². The molecule has 0 aliphatic carbocycles. The number of halogens is 2. The van der Waals surface area contributed by atoms with E-state index in [0.29, 0.717) is 12.0 Å². The highest BCUT2D eigenvalue weighted by atomic mass is 79.9. The average Bonchev–Trinajstić information content (AvgIpc) is 2.50. The minimum Gasteiger partial charge on any atom is -0.325 e. The minimum atomic E-state index is -0.473. The molecule has 0 saturated heterocycles. The summed E-state index contributed by atoms with van der Waals surface area (Å²) >= 11 is 3.34. The number of anilines is 1. The van der Waals surface area contributed by atoms with Crippen molar-refractivity contribution in [3.8, 4) is 0 Å². The van der Waals surface area contributed by atoms with Crippen LogP contribution < -0.4 is 5.32 Å². The van der Waals surface area contributed by atoms with Crippen LogP contribution in [0, 0.1) is 5.82 Å². The lowest BCUT2D eigenvalue weighted by molar-refractivity contribution is -0.115. The van der Waals surface area contributed by atoms with Crippen LogP contribution in [0.1, 0.15) is 18.1 Å². The van der Waals surface area contributed by atoms with Crippen molar-refractivity contribution in [2.24, 2.45) is 0 Å². The summed E-state index contributed by atoms with van der Waals surface area (Å²) in [5.74, 6) is -0.456. The molecule has 0 aliphatic rings. The molecule has 0 aliphatic heterocycles. The van der Waals surface area contributed by atoms with Gasteiger partial charge in [-0.3, -0.25) is 4.79 Å². The number of para-hydroxylation sites is 1. The molecule has 1 N–H and O–H groups in total. The van der Waals surface area contributed by atoms with E-state index in [-0.39, 0.29) is 11.7 Å². The lowest BCUT2D eigenvalue weighted by Gasteiger charge is -2.13. The van der Waals surface area contributed by atoms with Gasteiger partial charge in [0.2, 0.25) is 5.91 Å². The predicted octanol–water partition coefficient (Wildman–Crippen LogP) is 4.33. The summed E-state index contributed by atoms with van der Waals surface area (Å²) in [7, 11) is 0. The Labute approximate surface area is 132 Å². The number of carbonyl (C=O) groups is 1. The molecule has 110 valence electrons. The maximum Gasteiger partial charge on any atom is 0.238 e. The van der Waals surface area contributed by atoms with E-state index in [1.165, 1.54) is 6.07 Å². The van der Waals surface area contributed by atoms with Crippen LogP contribution in [-0.4, -0.2) is 10.7 Å². The molecule has 2 rings (SSSR count). The quantitative estimate of drug-likeness (QED) is 0.799. The summed E-state index contributed by atoms with van der Waals surface area (Å²) < 4.78 is 13.6. The molecular formula is C17H17BrFNO. The van der Waals surface area contributed by atoms with Crippen LogP contribution in [-0.2, 0) is 17.6 Å². The number of carbonyl (C=O) groups excluding carboxylic acids is 1. The Kier molecular flexibility index (Phi) is 5.51. The number of benzene rings is 2. The summed E-state index contributed by atoms with van der Waals surface area (Å²) in [6, 6.07) is 14.2. The second kappa shape index (κ2) is 7.36. The zero-order chi connectivity index (χ0) is 15.2. The van der Waals surface area contributed by atoms with Crippen LogP contribution in [0.15, 0.2) is 48.5 Å². The van der Waals surface area contributed by atoms with E-state index in [9.17, 15) is 9.18 Å². The summed E-state index contributed by atoms with van der Waals surface area (Å²) in [5, 5.41) is 2.89. The van der Waals surface area contributed by atoms with Gasteiger partial charge < -0.3 is 5.32 Å². The third-order valence-corrected chi connectivity index (χ3v) is 4.04. The van der Waals surface area contributed by atoms with Gasteiger partial charge in [-0.1, -0.05) is 59.3 Å². The molecule has 0 spiro atoms. The van der Waals surface area contributed by atoms with Crippen molar-refractivity contribution in [1.29, 1.82) is 0 Å². The Morgan fingerprint density at radius 1 is 1.14 bits per heavy atom. The van der Waals surface area contributed by atoms with Gasteiger partial charge in [0.1, 0.15) is 5.82 Å². The van der Waals surface area contributed by atoms with Gasteiger partial charge in [-0.15, -0.1) is 0 Å². The van der Waals surface area contributed by atoms with E-state index in [4.69, 9.17) is 0 Å². The molecule has 0 fully saturated rings. The first kappa shape index (κ1) is 15.7. The number of alkyl halides is 1. The molecule has 0 bridgehead atoms. The van der Waals surface area contributed by atoms with Crippen molar-refractivity contribution in [1.82, 2.24) is 0 Å². The summed E-state index contributed by atoms with van der Waals surface area (Å²) in [6.07, 6.45) is 1.16. The van der Waals surface area contributed by atoms with Crippen LogP contribution in [0.2, 0.25) is 0 Å². The molecule has 1 amide bonds. The van der Waals surface area contributed by atoms with Gasteiger partial charge in [-0.05, 0) is 36.1 Å². The highest BCUT2D eigenvalue weighted by Gasteiger charge is 2.18. The van der Waals surface area contributed by atoms with E-state index < -0.39 is 4.83 Å². The first-order chi connectivity index (χ1) is 10.1. The van der Waals surface area contributed by atoms with E-state index in [1.54, 1.807) is 18.2 Å². The van der Waals surface area contributed by atoms with Gasteiger partial charge >= 0.3 is 0 Å². The molecule has 2 aromatic carbocycles. The number of hydrogen-bond donors (Lipinski definition) is 1. The van der Waals surface area contributed by atoms with Gasteiger partial charge in [-0.2, -0.15) is 0 Å². The smallest absolute Gasteiger partial charge is 0.238 e. The van der Waals surface area contributed by atoms with Gasteiger partial charge in [0.25, 0.3) is 0 Å². The van der Waals surface area contributed by atoms with Gasteiger partial charge in [0.15, 0.2) is 0 Å². The highest BCUT2D eigenvalue weighted by molar-refractivity contribution is 9.10. The first-order valence-electron chi connectivity index (χ1n) is 6.88. The maximum atomic E-state index is 13.6. The van der Waals surface area contributed by atoms with Gasteiger partial charge in [-0.25, -0.2) is 4.39 Å². The Morgan fingerprint density at radius 2 is 1.76 bits per heavy atom. The fourth-order valence-electron chi connectivity index (χ4n) is 2.11. The van der Waals surface area contributed by atoms with Crippen molar-refractivity contribution in [3.05, 3.63) is 65.5 Å². The minimum absolute atomic E-state index is 0.167. The molecule has 0 radical (unpaired) electrons. The second-order valence-corrected chi connectivity index (χ2v) is 5.87. The molecular weight excluding hydrogens is 333 g/mol. The van der Waals surface area contributed by atoms with E-state index in [1.807, 2.05) is 31.2 Å². The molecule has 1 atom stereocenters. The highest BCUT2D eigenvalue weighted by Crippen LogP contribution is 2.19. The van der Waals surface area contributed by atoms with E-state index >= 15 is 0 Å².